The number of rotatable bonds is 43. The fraction of sp³-hybridized carbons (Fsp3) is 0.898. The Kier molecular flexibility index (Phi) is 35.4. The molecule has 0 aromatic carbocycles. The van der Waals surface area contributed by atoms with Crippen molar-refractivity contribution in [3.8, 4) is 0 Å². The number of carbonyl (C=O) groups is 5. The number of esters is 3. The number of nitrogens with one attached hydrogen (secondary N) is 1. The Morgan fingerprint density at radius 3 is 1.68 bits per heavy atom. The lowest BCUT2D eigenvalue weighted by atomic mass is 9.86. The molecule has 0 spiro atoms. The van der Waals surface area contributed by atoms with Crippen molar-refractivity contribution in [3.63, 3.8) is 0 Å². The van der Waals surface area contributed by atoms with E-state index < -0.39 is 99.4 Å². The fourth-order valence-corrected chi connectivity index (χ4v) is 8.80. The first-order valence-electron chi connectivity index (χ1n) is 25.8. The average Bonchev–Trinajstić information content (AvgIpc) is 3.29. The summed E-state index contributed by atoms with van der Waals surface area (Å²) >= 11 is 0. The summed E-state index contributed by atoms with van der Waals surface area (Å²) < 4.78 is 51.2. The van der Waals surface area contributed by atoms with Crippen molar-refractivity contribution < 1.29 is 81.5 Å². The zero-order valence-electron chi connectivity index (χ0n) is 42.1. The van der Waals surface area contributed by atoms with Crippen LogP contribution in [0.3, 0.4) is 0 Å². The van der Waals surface area contributed by atoms with Gasteiger partial charge in [-0.05, 0) is 25.7 Å². The Morgan fingerprint density at radius 1 is 0.706 bits per heavy atom. The van der Waals surface area contributed by atoms with Crippen molar-refractivity contribution in [2.24, 2.45) is 5.92 Å². The van der Waals surface area contributed by atoms with E-state index >= 15 is 0 Å². The highest BCUT2D eigenvalue weighted by molar-refractivity contribution is 7.47. The Morgan fingerprint density at radius 2 is 1.19 bits per heavy atom. The molecule has 0 aromatic heterocycles. The van der Waals surface area contributed by atoms with E-state index in [1.54, 1.807) is 0 Å². The second-order valence-corrected chi connectivity index (χ2v) is 19.8. The van der Waals surface area contributed by atoms with Crippen molar-refractivity contribution in [1.82, 2.24) is 5.32 Å². The minimum Gasteiger partial charge on any atom is -0.477 e. The Hall–Kier alpha value is -2.70. The smallest absolute Gasteiger partial charge is 0.472 e. The van der Waals surface area contributed by atoms with Crippen LogP contribution in [0.5, 0.6) is 0 Å². The van der Waals surface area contributed by atoms with Gasteiger partial charge in [-0.3, -0.25) is 28.2 Å². The highest BCUT2D eigenvalue weighted by atomic mass is 31.2. The summed E-state index contributed by atoms with van der Waals surface area (Å²) in [7, 11) is -4.54. The third kappa shape index (κ3) is 29.5. The summed E-state index contributed by atoms with van der Waals surface area (Å²) in [5, 5.41) is 33.5. The summed E-state index contributed by atoms with van der Waals surface area (Å²) in [6.45, 7) is 6.81. The second-order valence-electron chi connectivity index (χ2n) is 18.4. The first-order valence-corrected chi connectivity index (χ1v) is 27.3. The van der Waals surface area contributed by atoms with Crippen LogP contribution in [0.15, 0.2) is 0 Å². The van der Waals surface area contributed by atoms with Crippen LogP contribution >= 0.6 is 7.82 Å². The van der Waals surface area contributed by atoms with Gasteiger partial charge in [-0.2, -0.15) is 0 Å². The first-order chi connectivity index (χ1) is 32.5. The number of carboxylic acid groups (broad SMARTS) is 1. The molecule has 0 aromatic rings. The minimum absolute atomic E-state index is 0.0650. The third-order valence-electron chi connectivity index (χ3n) is 12.0. The molecule has 2 unspecified atom stereocenters. The third-order valence-corrected chi connectivity index (χ3v) is 13.0. The maximum Gasteiger partial charge on any atom is 0.472 e. The molecule has 68 heavy (non-hydrogen) atoms. The normalized spacial score (nSPS) is 20.4. The van der Waals surface area contributed by atoms with Crippen LogP contribution in [-0.2, 0) is 61.3 Å². The zero-order valence-corrected chi connectivity index (χ0v) is 43.0. The Bertz CT molecular complexity index is 1440. The van der Waals surface area contributed by atoms with E-state index in [1.165, 1.54) is 78.1 Å². The van der Waals surface area contributed by atoms with Gasteiger partial charge in [0.1, 0.15) is 18.8 Å². The lowest BCUT2D eigenvalue weighted by molar-refractivity contribution is -0.310. The number of aliphatic carboxylic acids is 1. The van der Waals surface area contributed by atoms with Crippen LogP contribution < -0.4 is 5.32 Å². The number of carboxylic acids is 1. The summed E-state index contributed by atoms with van der Waals surface area (Å²) in [5.41, 5.74) is 0. The van der Waals surface area contributed by atoms with E-state index in [0.717, 1.165) is 45.4 Å². The number of amides is 1. The molecular formula is C49H90NO17P. The summed E-state index contributed by atoms with van der Waals surface area (Å²) in [4.78, 5) is 72.3. The molecule has 0 aliphatic carbocycles. The number of phosphoric ester groups is 1. The quantitative estimate of drug-likeness (QED) is 0.0165. The highest BCUT2D eigenvalue weighted by Crippen LogP contribution is 2.43. The van der Waals surface area contributed by atoms with E-state index in [0.29, 0.717) is 51.4 Å². The van der Waals surface area contributed by atoms with Crippen LogP contribution in [0.4, 0.5) is 0 Å². The Balaban J connectivity index is 2.60. The van der Waals surface area contributed by atoms with Gasteiger partial charge in [0.2, 0.25) is 5.91 Å². The topological polar surface area (TPSA) is 260 Å². The van der Waals surface area contributed by atoms with Crippen molar-refractivity contribution in [3.05, 3.63) is 0 Å². The van der Waals surface area contributed by atoms with Gasteiger partial charge in [-0.15, -0.1) is 0 Å². The molecular weight excluding hydrogens is 906 g/mol. The molecule has 0 bridgehead atoms. The van der Waals surface area contributed by atoms with Crippen molar-refractivity contribution in [2.45, 2.75) is 244 Å². The van der Waals surface area contributed by atoms with Gasteiger partial charge in [-0.25, -0.2) is 9.36 Å². The second kappa shape index (κ2) is 38.0. The van der Waals surface area contributed by atoms with Crippen molar-refractivity contribution in [1.29, 1.82) is 0 Å². The predicted molar refractivity (Wildman–Crippen MR) is 255 cm³/mol. The number of phosphoric acid groups is 1. The molecule has 0 radical (unpaired) electrons. The van der Waals surface area contributed by atoms with Crippen LogP contribution in [-0.4, -0.2) is 119 Å². The monoisotopic (exact) mass is 996 g/mol. The van der Waals surface area contributed by atoms with Crippen LogP contribution in [0, 0.1) is 5.92 Å². The van der Waals surface area contributed by atoms with E-state index in [4.69, 9.17) is 32.7 Å². The van der Waals surface area contributed by atoms with Crippen LogP contribution in [0.1, 0.15) is 208 Å². The lowest BCUT2D eigenvalue weighted by Gasteiger charge is -2.47. The molecule has 398 valence electrons. The molecule has 1 heterocycles. The van der Waals surface area contributed by atoms with Gasteiger partial charge in [0, 0.05) is 39.2 Å². The van der Waals surface area contributed by atoms with E-state index in [2.05, 4.69) is 19.2 Å². The SMILES string of the molecule is CCCCCCCCCCCC(=O)OCC(COP(=O)(O)OCCCCCCCCO[C@]1(C(=O)O)C[C@H](OC(C)=O)[C@@H](NC(C)=O)[C@H]([C@@H](O)[C@H](C)CO)O1)OC(=O)CCCCCCCCCCC. The maximum atomic E-state index is 12.8. The fourth-order valence-electron chi connectivity index (χ4n) is 8.01. The molecule has 1 fully saturated rings. The van der Waals surface area contributed by atoms with Gasteiger partial charge in [-0.1, -0.05) is 149 Å². The van der Waals surface area contributed by atoms with E-state index in [-0.39, 0.29) is 32.7 Å². The van der Waals surface area contributed by atoms with Crippen molar-refractivity contribution >= 4 is 37.6 Å². The number of hydrogen-bond donors (Lipinski definition) is 5. The standard InChI is InChI=1S/C49H90NO17P/c1-6-8-10-12-14-16-18-22-26-30-43(54)61-36-41(66-44(55)31-27-23-19-17-15-13-11-9-7-2)37-64-68(59,60)63-33-29-25-21-20-24-28-32-62-49(48(57)58)34-42(65-40(5)53)45(50-39(4)52)47(67-49)46(56)38(3)35-51/h38,41-42,45-47,51,56H,6-37H2,1-5H3,(H,50,52)(H,57,58)(H,59,60)/t38-,41?,42+,45-,46+,47-,49-/m1/s1. The molecule has 18 nitrogen and oxygen atoms in total. The minimum atomic E-state index is -4.54. The number of aliphatic hydroxyl groups excluding tert-OH is 2. The van der Waals surface area contributed by atoms with Crippen LogP contribution in [0.2, 0.25) is 0 Å². The predicted octanol–water partition coefficient (Wildman–Crippen LogP) is 8.77. The Labute approximate surface area is 406 Å². The summed E-state index contributed by atoms with van der Waals surface area (Å²) in [6.07, 6.45) is 18.0. The molecule has 8 atom stereocenters. The molecule has 1 aliphatic heterocycles. The van der Waals surface area contributed by atoms with Gasteiger partial charge >= 0.3 is 31.7 Å². The van der Waals surface area contributed by atoms with Gasteiger partial charge in [0.05, 0.1) is 38.4 Å². The lowest BCUT2D eigenvalue weighted by Crippen LogP contribution is -2.67. The molecule has 0 saturated carbocycles. The number of carbonyl (C=O) groups excluding carboxylic acids is 4. The summed E-state index contributed by atoms with van der Waals surface area (Å²) in [5.74, 6) is -6.82. The zero-order chi connectivity index (χ0) is 50.6. The largest absolute Gasteiger partial charge is 0.477 e. The van der Waals surface area contributed by atoms with Crippen LogP contribution in [0.25, 0.3) is 0 Å². The molecule has 1 aliphatic rings. The highest BCUT2D eigenvalue weighted by Gasteiger charge is 2.57. The number of aliphatic hydroxyl groups is 2. The van der Waals surface area contributed by atoms with E-state index in [1.807, 2.05) is 0 Å². The molecule has 1 amide bonds. The average molecular weight is 996 g/mol. The molecule has 19 heteroatoms. The molecule has 1 rings (SSSR count). The number of ether oxygens (including phenoxy) is 5. The first kappa shape index (κ1) is 63.3. The maximum absolute atomic E-state index is 12.8. The van der Waals surface area contributed by atoms with Gasteiger partial charge < -0.3 is 49.2 Å². The number of hydrogen-bond acceptors (Lipinski definition) is 15. The van der Waals surface area contributed by atoms with E-state index in [9.17, 15) is 48.8 Å². The van der Waals surface area contributed by atoms with Gasteiger partial charge in [0.25, 0.3) is 5.79 Å². The summed E-state index contributed by atoms with van der Waals surface area (Å²) in [6, 6.07) is -1.12. The van der Waals surface area contributed by atoms with Gasteiger partial charge in [0.15, 0.2) is 6.10 Å². The van der Waals surface area contributed by atoms with Crippen molar-refractivity contribution in [2.75, 3.05) is 33.0 Å². The molecule has 5 N–H and O–H groups in total. The number of unbranched alkanes of at least 4 members (excludes halogenated alkanes) is 21. The molecule has 1 saturated heterocycles.